The van der Waals surface area contributed by atoms with Crippen molar-refractivity contribution in [1.29, 1.82) is 0 Å². The van der Waals surface area contributed by atoms with Crippen LogP contribution in [-0.2, 0) is 16.2 Å². The van der Waals surface area contributed by atoms with Gasteiger partial charge in [0.1, 0.15) is 18.2 Å². The molecule has 0 saturated carbocycles. The Kier molecular flexibility index (Phi) is 6.67. The molecular formula is C22H18FN3O3. The van der Waals surface area contributed by atoms with E-state index in [2.05, 4.69) is 15.8 Å². The zero-order valence-electron chi connectivity index (χ0n) is 15.3. The van der Waals surface area contributed by atoms with Crippen molar-refractivity contribution in [2.45, 2.75) is 6.61 Å². The largest absolute Gasteiger partial charge is 0.489 e. The molecule has 0 aliphatic carbocycles. The SMILES string of the molecule is O=C(N/N=C\c1ccccc1F)C(=O)Nc1ccc(OCc2ccccc2)cc1. The number of nitrogens with zero attached hydrogens (tertiary/aromatic N) is 1. The summed E-state index contributed by atoms with van der Waals surface area (Å²) in [6, 6.07) is 22.3. The van der Waals surface area contributed by atoms with E-state index < -0.39 is 17.6 Å². The Hall–Kier alpha value is -4.00. The minimum Gasteiger partial charge on any atom is -0.489 e. The number of rotatable bonds is 6. The van der Waals surface area contributed by atoms with Crippen LogP contribution < -0.4 is 15.5 Å². The van der Waals surface area contributed by atoms with E-state index in [0.717, 1.165) is 11.8 Å². The molecule has 2 N–H and O–H groups in total. The predicted octanol–water partition coefficient (Wildman–Crippen LogP) is 3.49. The molecule has 3 aromatic rings. The Labute approximate surface area is 167 Å². The highest BCUT2D eigenvalue weighted by Gasteiger charge is 2.13. The Morgan fingerprint density at radius 3 is 2.31 bits per heavy atom. The number of benzene rings is 3. The molecule has 3 rings (SSSR count). The fourth-order valence-electron chi connectivity index (χ4n) is 2.35. The van der Waals surface area contributed by atoms with Crippen LogP contribution in [0.25, 0.3) is 0 Å². The van der Waals surface area contributed by atoms with Gasteiger partial charge < -0.3 is 10.1 Å². The lowest BCUT2D eigenvalue weighted by molar-refractivity contribution is -0.136. The monoisotopic (exact) mass is 391 g/mol. The summed E-state index contributed by atoms with van der Waals surface area (Å²) in [6.07, 6.45) is 1.12. The van der Waals surface area contributed by atoms with Gasteiger partial charge in [0.25, 0.3) is 0 Å². The second-order valence-electron chi connectivity index (χ2n) is 5.97. The van der Waals surface area contributed by atoms with Crippen LogP contribution in [0.2, 0.25) is 0 Å². The molecule has 29 heavy (non-hydrogen) atoms. The maximum atomic E-state index is 13.5. The highest BCUT2D eigenvalue weighted by Crippen LogP contribution is 2.17. The second kappa shape index (κ2) is 9.80. The molecule has 0 bridgehead atoms. The number of ether oxygens (including phenoxy) is 1. The molecule has 0 unspecified atom stereocenters. The van der Waals surface area contributed by atoms with Gasteiger partial charge in [0, 0.05) is 11.3 Å². The summed E-state index contributed by atoms with van der Waals surface area (Å²) in [5, 5.41) is 6.04. The molecule has 0 radical (unpaired) electrons. The molecule has 7 heteroatoms. The summed E-state index contributed by atoms with van der Waals surface area (Å²) in [6.45, 7) is 0.426. The van der Waals surface area contributed by atoms with E-state index in [0.29, 0.717) is 18.0 Å². The smallest absolute Gasteiger partial charge is 0.329 e. The number of nitrogens with one attached hydrogen (secondary N) is 2. The van der Waals surface area contributed by atoms with E-state index in [9.17, 15) is 14.0 Å². The maximum absolute atomic E-state index is 13.5. The van der Waals surface area contributed by atoms with Gasteiger partial charge in [-0.2, -0.15) is 5.10 Å². The quantitative estimate of drug-likeness (QED) is 0.383. The molecule has 0 aliphatic rings. The van der Waals surface area contributed by atoms with Gasteiger partial charge in [0.15, 0.2) is 0 Å². The first-order chi connectivity index (χ1) is 14.1. The summed E-state index contributed by atoms with van der Waals surface area (Å²) in [4.78, 5) is 23.7. The summed E-state index contributed by atoms with van der Waals surface area (Å²) in [5.74, 6) is -1.72. The second-order valence-corrected chi connectivity index (χ2v) is 5.97. The molecular weight excluding hydrogens is 373 g/mol. The third kappa shape index (κ3) is 6.00. The number of hydrogen-bond acceptors (Lipinski definition) is 4. The zero-order valence-corrected chi connectivity index (χ0v) is 15.3. The van der Waals surface area contributed by atoms with Crippen molar-refractivity contribution in [3.63, 3.8) is 0 Å². The van der Waals surface area contributed by atoms with Crippen LogP contribution in [0.1, 0.15) is 11.1 Å². The van der Waals surface area contributed by atoms with Gasteiger partial charge in [0.2, 0.25) is 0 Å². The Bertz CT molecular complexity index is 1010. The highest BCUT2D eigenvalue weighted by atomic mass is 19.1. The first kappa shape index (κ1) is 19.8. The van der Waals surface area contributed by atoms with Crippen molar-refractivity contribution < 1.29 is 18.7 Å². The van der Waals surface area contributed by atoms with E-state index in [-0.39, 0.29) is 5.56 Å². The van der Waals surface area contributed by atoms with Gasteiger partial charge in [-0.05, 0) is 35.9 Å². The van der Waals surface area contributed by atoms with Crippen LogP contribution in [0, 0.1) is 5.82 Å². The van der Waals surface area contributed by atoms with E-state index in [1.807, 2.05) is 30.3 Å². The molecule has 0 saturated heterocycles. The lowest BCUT2D eigenvalue weighted by atomic mass is 10.2. The predicted molar refractivity (Wildman–Crippen MR) is 108 cm³/mol. The molecule has 0 heterocycles. The molecule has 146 valence electrons. The average Bonchev–Trinajstić information content (AvgIpc) is 2.75. The first-order valence-electron chi connectivity index (χ1n) is 8.77. The van der Waals surface area contributed by atoms with Crippen molar-refractivity contribution in [3.8, 4) is 5.75 Å². The fourth-order valence-corrected chi connectivity index (χ4v) is 2.35. The number of carbonyl (C=O) groups is 2. The zero-order chi connectivity index (χ0) is 20.5. The summed E-state index contributed by atoms with van der Waals surface area (Å²) < 4.78 is 19.1. The Morgan fingerprint density at radius 1 is 0.897 bits per heavy atom. The molecule has 0 atom stereocenters. The van der Waals surface area contributed by atoms with Crippen LogP contribution in [0.3, 0.4) is 0 Å². The standard InChI is InChI=1S/C22H18FN3O3/c23-20-9-5-4-8-17(20)14-24-26-22(28)21(27)25-18-10-12-19(13-11-18)29-15-16-6-2-1-3-7-16/h1-14H,15H2,(H,25,27)(H,26,28)/b24-14-. The first-order valence-corrected chi connectivity index (χ1v) is 8.77. The minimum atomic E-state index is -0.970. The van der Waals surface area contributed by atoms with Crippen LogP contribution in [0.15, 0.2) is 84.0 Å². The van der Waals surface area contributed by atoms with Crippen molar-refractivity contribution in [1.82, 2.24) is 5.43 Å². The molecule has 0 aromatic heterocycles. The van der Waals surface area contributed by atoms with Crippen molar-refractivity contribution in [2.24, 2.45) is 5.10 Å². The average molecular weight is 391 g/mol. The number of hydrogen-bond donors (Lipinski definition) is 2. The van der Waals surface area contributed by atoms with E-state index in [4.69, 9.17) is 4.74 Å². The third-order valence-electron chi connectivity index (χ3n) is 3.84. The number of amides is 2. The molecule has 2 amide bonds. The minimum absolute atomic E-state index is 0.194. The van der Waals surface area contributed by atoms with E-state index in [1.54, 1.807) is 30.3 Å². The number of hydrazone groups is 1. The van der Waals surface area contributed by atoms with E-state index >= 15 is 0 Å². The lowest BCUT2D eigenvalue weighted by Gasteiger charge is -2.08. The fraction of sp³-hybridized carbons (Fsp3) is 0.0455. The Balaban J connectivity index is 1.48. The topological polar surface area (TPSA) is 79.8 Å². The van der Waals surface area contributed by atoms with Crippen molar-refractivity contribution in [2.75, 3.05) is 5.32 Å². The van der Waals surface area contributed by atoms with Gasteiger partial charge in [-0.15, -0.1) is 0 Å². The number of carbonyl (C=O) groups excluding carboxylic acids is 2. The highest BCUT2D eigenvalue weighted by molar-refractivity contribution is 6.39. The van der Waals surface area contributed by atoms with Gasteiger partial charge in [-0.25, -0.2) is 9.82 Å². The normalized spacial score (nSPS) is 10.5. The molecule has 6 nitrogen and oxygen atoms in total. The maximum Gasteiger partial charge on any atom is 0.329 e. The summed E-state index contributed by atoms with van der Waals surface area (Å²) in [5.41, 5.74) is 3.71. The number of halogens is 1. The van der Waals surface area contributed by atoms with Gasteiger partial charge in [-0.1, -0.05) is 48.5 Å². The van der Waals surface area contributed by atoms with Crippen LogP contribution in [0.5, 0.6) is 5.75 Å². The summed E-state index contributed by atoms with van der Waals surface area (Å²) in [7, 11) is 0. The van der Waals surface area contributed by atoms with Gasteiger partial charge in [-0.3, -0.25) is 9.59 Å². The third-order valence-corrected chi connectivity index (χ3v) is 3.84. The van der Waals surface area contributed by atoms with Crippen LogP contribution >= 0.6 is 0 Å². The lowest BCUT2D eigenvalue weighted by Crippen LogP contribution is -2.32. The molecule has 0 spiro atoms. The van der Waals surface area contributed by atoms with Gasteiger partial charge >= 0.3 is 11.8 Å². The van der Waals surface area contributed by atoms with Gasteiger partial charge in [0.05, 0.1) is 6.21 Å². The molecule has 3 aromatic carbocycles. The van der Waals surface area contributed by atoms with Crippen molar-refractivity contribution >= 4 is 23.7 Å². The van der Waals surface area contributed by atoms with E-state index in [1.165, 1.54) is 18.2 Å². The van der Waals surface area contributed by atoms with Crippen LogP contribution in [-0.4, -0.2) is 18.0 Å². The number of anilines is 1. The molecule has 0 fully saturated rings. The van der Waals surface area contributed by atoms with Crippen LogP contribution in [0.4, 0.5) is 10.1 Å². The summed E-state index contributed by atoms with van der Waals surface area (Å²) >= 11 is 0. The Morgan fingerprint density at radius 2 is 1.59 bits per heavy atom. The van der Waals surface area contributed by atoms with Crippen molar-refractivity contribution in [3.05, 3.63) is 95.8 Å². The molecule has 0 aliphatic heterocycles.